The van der Waals surface area contributed by atoms with Crippen molar-refractivity contribution in [2.24, 2.45) is 0 Å². The van der Waals surface area contributed by atoms with Gasteiger partial charge in [0, 0.05) is 26.1 Å². The number of thiazole rings is 1. The number of nitrogens with zero attached hydrogens (tertiary/aromatic N) is 2. The molecule has 0 unspecified atom stereocenters. The number of morpholine rings is 1. The van der Waals surface area contributed by atoms with Gasteiger partial charge in [-0.1, -0.05) is 12.1 Å². The van der Waals surface area contributed by atoms with Gasteiger partial charge in [-0.05, 0) is 44.4 Å². The molecule has 136 valence electrons. The quantitative estimate of drug-likeness (QED) is 0.698. The maximum Gasteiger partial charge on any atom is 0.220 e. The fourth-order valence-corrected chi connectivity index (χ4v) is 4.04. The second-order valence-electron chi connectivity index (χ2n) is 6.44. The zero-order valence-corrected chi connectivity index (χ0v) is 15.5. The van der Waals surface area contributed by atoms with Crippen molar-refractivity contribution < 1.29 is 9.53 Å². The normalized spacial score (nSPS) is 15.5. The minimum atomic E-state index is 0.160. The molecule has 6 heteroatoms. The third-order valence-corrected chi connectivity index (χ3v) is 5.56. The van der Waals surface area contributed by atoms with Gasteiger partial charge >= 0.3 is 0 Å². The number of amides is 1. The zero-order chi connectivity index (χ0) is 17.3. The first kappa shape index (κ1) is 18.3. The van der Waals surface area contributed by atoms with Crippen LogP contribution in [0.3, 0.4) is 0 Å². The second-order valence-corrected chi connectivity index (χ2v) is 7.56. The van der Waals surface area contributed by atoms with E-state index >= 15 is 0 Å². The summed E-state index contributed by atoms with van der Waals surface area (Å²) >= 11 is 1.73. The Balaban J connectivity index is 1.24. The van der Waals surface area contributed by atoms with Crippen LogP contribution in [-0.4, -0.2) is 55.2 Å². The molecule has 1 amide bonds. The Kier molecular flexibility index (Phi) is 7.21. The molecule has 1 saturated heterocycles. The number of ether oxygens (including phenoxy) is 1. The number of hydrogen-bond acceptors (Lipinski definition) is 5. The molecule has 1 aromatic carbocycles. The molecular formula is C19H27N3O2S. The van der Waals surface area contributed by atoms with Gasteiger partial charge in [0.05, 0.1) is 28.4 Å². The summed E-state index contributed by atoms with van der Waals surface area (Å²) in [6.07, 6.45) is 4.50. The molecule has 0 bridgehead atoms. The molecule has 1 aliphatic rings. The highest BCUT2D eigenvalue weighted by molar-refractivity contribution is 7.18. The van der Waals surface area contributed by atoms with E-state index in [0.29, 0.717) is 6.42 Å². The highest BCUT2D eigenvalue weighted by atomic mass is 32.1. The van der Waals surface area contributed by atoms with E-state index < -0.39 is 0 Å². The van der Waals surface area contributed by atoms with Crippen molar-refractivity contribution in [3.63, 3.8) is 0 Å². The van der Waals surface area contributed by atoms with Crippen molar-refractivity contribution in [1.29, 1.82) is 0 Å². The lowest BCUT2D eigenvalue weighted by Crippen LogP contribution is -2.37. The van der Waals surface area contributed by atoms with Gasteiger partial charge in [-0.3, -0.25) is 9.69 Å². The number of rotatable bonds is 9. The van der Waals surface area contributed by atoms with Crippen LogP contribution < -0.4 is 5.32 Å². The van der Waals surface area contributed by atoms with Gasteiger partial charge in [0.25, 0.3) is 0 Å². The molecule has 0 spiro atoms. The molecule has 25 heavy (non-hydrogen) atoms. The van der Waals surface area contributed by atoms with E-state index in [4.69, 9.17) is 4.74 Å². The monoisotopic (exact) mass is 361 g/mol. The molecule has 1 aliphatic heterocycles. The number of hydrogen-bond donors (Lipinski definition) is 1. The summed E-state index contributed by atoms with van der Waals surface area (Å²) in [5.74, 6) is 0.160. The van der Waals surface area contributed by atoms with Crippen LogP contribution in [0.15, 0.2) is 24.3 Å². The number of aromatic nitrogens is 1. The molecule has 5 nitrogen and oxygen atoms in total. The molecule has 0 aliphatic carbocycles. The Bertz CT molecular complexity index is 634. The molecule has 2 aromatic rings. The number of fused-ring (bicyclic) bond motifs is 1. The molecule has 1 fully saturated rings. The highest BCUT2D eigenvalue weighted by Crippen LogP contribution is 2.22. The lowest BCUT2D eigenvalue weighted by molar-refractivity contribution is -0.121. The number of carbonyl (C=O) groups excluding carboxylic acids is 1. The number of carbonyl (C=O) groups is 1. The Morgan fingerprint density at radius 1 is 1.20 bits per heavy atom. The maximum absolute atomic E-state index is 11.9. The Morgan fingerprint density at radius 2 is 2.04 bits per heavy atom. The minimum Gasteiger partial charge on any atom is -0.379 e. The first-order chi connectivity index (χ1) is 12.3. The van der Waals surface area contributed by atoms with Crippen molar-refractivity contribution >= 4 is 27.5 Å². The summed E-state index contributed by atoms with van der Waals surface area (Å²) in [6.45, 7) is 5.67. The van der Waals surface area contributed by atoms with Crippen molar-refractivity contribution in [2.75, 3.05) is 39.4 Å². The van der Waals surface area contributed by atoms with Gasteiger partial charge < -0.3 is 10.1 Å². The van der Waals surface area contributed by atoms with E-state index in [0.717, 1.165) is 75.6 Å². The zero-order valence-electron chi connectivity index (χ0n) is 14.7. The first-order valence-corrected chi connectivity index (χ1v) is 10.0. The van der Waals surface area contributed by atoms with Crippen LogP contribution in [0.5, 0.6) is 0 Å². The summed E-state index contributed by atoms with van der Waals surface area (Å²) in [7, 11) is 0. The smallest absolute Gasteiger partial charge is 0.220 e. The fourth-order valence-electron chi connectivity index (χ4n) is 3.03. The van der Waals surface area contributed by atoms with E-state index in [2.05, 4.69) is 21.3 Å². The van der Waals surface area contributed by atoms with Gasteiger partial charge in [-0.15, -0.1) is 11.3 Å². The lowest BCUT2D eigenvalue weighted by atomic mass is 10.2. The second kappa shape index (κ2) is 9.85. The van der Waals surface area contributed by atoms with Crippen molar-refractivity contribution in [1.82, 2.24) is 15.2 Å². The van der Waals surface area contributed by atoms with Gasteiger partial charge in [0.2, 0.25) is 5.91 Å². The van der Waals surface area contributed by atoms with Crippen LogP contribution in [0.4, 0.5) is 0 Å². The number of nitrogens with one attached hydrogen (secondary N) is 1. The summed E-state index contributed by atoms with van der Waals surface area (Å²) < 4.78 is 6.57. The summed E-state index contributed by atoms with van der Waals surface area (Å²) in [4.78, 5) is 19.0. The van der Waals surface area contributed by atoms with Crippen LogP contribution in [0.25, 0.3) is 10.2 Å². The SMILES string of the molecule is O=C(CCCc1nc2ccccc2s1)NCCCCN1CCOCC1. The summed E-state index contributed by atoms with van der Waals surface area (Å²) in [6, 6.07) is 8.19. The molecule has 0 atom stereocenters. The van der Waals surface area contributed by atoms with Crippen LogP contribution in [0, 0.1) is 0 Å². The number of para-hydroxylation sites is 1. The van der Waals surface area contributed by atoms with E-state index in [9.17, 15) is 4.79 Å². The number of benzene rings is 1. The van der Waals surface area contributed by atoms with Crippen molar-refractivity contribution in [3.05, 3.63) is 29.3 Å². The Labute approximate surface area is 153 Å². The minimum absolute atomic E-state index is 0.160. The van der Waals surface area contributed by atoms with Gasteiger partial charge in [0.15, 0.2) is 0 Å². The fraction of sp³-hybridized carbons (Fsp3) is 0.579. The van der Waals surface area contributed by atoms with Crippen LogP contribution in [0.2, 0.25) is 0 Å². The third kappa shape index (κ3) is 6.06. The lowest BCUT2D eigenvalue weighted by Gasteiger charge is -2.26. The van der Waals surface area contributed by atoms with E-state index in [-0.39, 0.29) is 5.91 Å². The molecule has 0 radical (unpaired) electrons. The highest BCUT2D eigenvalue weighted by Gasteiger charge is 2.09. The van der Waals surface area contributed by atoms with Crippen LogP contribution in [0.1, 0.15) is 30.7 Å². The van der Waals surface area contributed by atoms with E-state index in [1.807, 2.05) is 18.2 Å². The van der Waals surface area contributed by atoms with Crippen LogP contribution >= 0.6 is 11.3 Å². The van der Waals surface area contributed by atoms with E-state index in [1.54, 1.807) is 11.3 Å². The average Bonchev–Trinajstić information content (AvgIpc) is 3.05. The standard InChI is InChI=1S/C19H27N3O2S/c23-18(20-10-3-4-11-22-12-14-24-15-13-22)8-5-9-19-21-16-6-1-2-7-17(16)25-19/h1-2,6-7H,3-5,8-15H2,(H,20,23). The Hall–Kier alpha value is -1.50. The van der Waals surface area contributed by atoms with Gasteiger partial charge in [-0.2, -0.15) is 0 Å². The number of unbranched alkanes of at least 4 members (excludes halogenated alkanes) is 1. The molecule has 3 rings (SSSR count). The van der Waals surface area contributed by atoms with Crippen molar-refractivity contribution in [2.45, 2.75) is 32.1 Å². The summed E-state index contributed by atoms with van der Waals surface area (Å²) in [5.41, 5.74) is 1.06. The maximum atomic E-state index is 11.9. The molecular weight excluding hydrogens is 334 g/mol. The third-order valence-electron chi connectivity index (χ3n) is 4.46. The van der Waals surface area contributed by atoms with E-state index in [1.165, 1.54) is 4.70 Å². The largest absolute Gasteiger partial charge is 0.379 e. The predicted octanol–water partition coefficient (Wildman–Crippen LogP) is 2.85. The molecule has 1 N–H and O–H groups in total. The van der Waals surface area contributed by atoms with Gasteiger partial charge in [0.1, 0.15) is 0 Å². The van der Waals surface area contributed by atoms with Crippen LogP contribution in [-0.2, 0) is 16.0 Å². The molecule has 0 saturated carbocycles. The van der Waals surface area contributed by atoms with Gasteiger partial charge in [-0.25, -0.2) is 4.98 Å². The molecule has 2 heterocycles. The Morgan fingerprint density at radius 3 is 2.88 bits per heavy atom. The predicted molar refractivity (Wildman–Crippen MR) is 102 cm³/mol. The topological polar surface area (TPSA) is 54.5 Å². The molecule has 1 aromatic heterocycles. The average molecular weight is 362 g/mol. The first-order valence-electron chi connectivity index (χ1n) is 9.22. The van der Waals surface area contributed by atoms with Crippen molar-refractivity contribution in [3.8, 4) is 0 Å². The number of aryl methyl sites for hydroxylation is 1. The summed E-state index contributed by atoms with van der Waals surface area (Å²) in [5, 5.41) is 4.16.